The van der Waals surface area contributed by atoms with Crippen LogP contribution < -0.4 is 10.1 Å². The summed E-state index contributed by atoms with van der Waals surface area (Å²) in [5, 5.41) is 2.93. The number of hydrogen-bond acceptors (Lipinski definition) is 3. The quantitative estimate of drug-likeness (QED) is 0.706. The van der Waals surface area contributed by atoms with Crippen LogP contribution in [-0.2, 0) is 14.9 Å². The van der Waals surface area contributed by atoms with Gasteiger partial charge >= 0.3 is 0 Å². The molecule has 7 heteroatoms. The summed E-state index contributed by atoms with van der Waals surface area (Å²) in [6.07, 6.45) is 0.608. The number of nitrogens with one attached hydrogen (secondary N) is 1. The van der Waals surface area contributed by atoms with Gasteiger partial charge in [0.2, 0.25) is 0 Å². The highest BCUT2D eigenvalue weighted by Crippen LogP contribution is 2.34. The average molecular weight is 454 g/mol. The van der Waals surface area contributed by atoms with E-state index in [2.05, 4.69) is 21.2 Å². The van der Waals surface area contributed by atoms with Gasteiger partial charge in [0.1, 0.15) is 17.4 Å². The normalized spacial score (nSPS) is 17.0. The Morgan fingerprint density at radius 1 is 1.21 bits per heavy atom. The highest BCUT2D eigenvalue weighted by molar-refractivity contribution is 9.10. The highest BCUT2D eigenvalue weighted by Gasteiger charge is 2.35. The summed E-state index contributed by atoms with van der Waals surface area (Å²) < 4.78 is 38.5. The average Bonchev–Trinajstić information content (AvgIpc) is 2.69. The molecule has 2 aromatic carbocycles. The van der Waals surface area contributed by atoms with Crippen molar-refractivity contribution in [2.45, 2.75) is 31.3 Å². The summed E-state index contributed by atoms with van der Waals surface area (Å²) in [6.45, 7) is 3.10. The predicted octanol–water partition coefficient (Wildman–Crippen LogP) is 4.36. The Morgan fingerprint density at radius 3 is 2.61 bits per heavy atom. The number of ether oxygens (including phenoxy) is 2. The molecule has 1 aliphatic rings. The number of carbonyl (C=O) groups is 1. The molecule has 2 aromatic rings. The van der Waals surface area contributed by atoms with E-state index in [1.807, 2.05) is 6.07 Å². The topological polar surface area (TPSA) is 47.6 Å². The molecule has 0 spiro atoms. The molecule has 1 unspecified atom stereocenters. The first-order chi connectivity index (χ1) is 13.4. The fourth-order valence-corrected chi connectivity index (χ4v) is 3.81. The van der Waals surface area contributed by atoms with Gasteiger partial charge in [-0.1, -0.05) is 12.1 Å². The van der Waals surface area contributed by atoms with Crippen LogP contribution in [0.5, 0.6) is 5.75 Å². The molecule has 0 aromatic heterocycles. The van der Waals surface area contributed by atoms with E-state index in [0.717, 1.165) is 5.56 Å². The zero-order valence-electron chi connectivity index (χ0n) is 15.5. The number of amides is 1. The maximum Gasteiger partial charge on any atom is 0.260 e. The molecule has 1 heterocycles. The third-order valence-corrected chi connectivity index (χ3v) is 5.67. The van der Waals surface area contributed by atoms with Crippen molar-refractivity contribution in [2.24, 2.45) is 0 Å². The number of benzene rings is 2. The Balaban J connectivity index is 1.68. The molecule has 4 nitrogen and oxygen atoms in total. The molecule has 0 bridgehead atoms. The monoisotopic (exact) mass is 453 g/mol. The van der Waals surface area contributed by atoms with Gasteiger partial charge in [0.15, 0.2) is 6.10 Å². The summed E-state index contributed by atoms with van der Waals surface area (Å²) in [5.74, 6) is -0.603. The molecule has 0 radical (unpaired) electrons. The number of rotatable bonds is 6. The minimum atomic E-state index is -0.772. The fourth-order valence-electron chi connectivity index (χ4n) is 3.36. The first-order valence-corrected chi connectivity index (χ1v) is 9.92. The Hall–Kier alpha value is -1.99. The lowest BCUT2D eigenvalue weighted by Crippen LogP contribution is -2.47. The minimum Gasteiger partial charge on any atom is -0.480 e. The van der Waals surface area contributed by atoms with Crippen LogP contribution in [0.15, 0.2) is 46.9 Å². The molecule has 0 saturated carbocycles. The number of hydrogen-bond donors (Lipinski definition) is 1. The largest absolute Gasteiger partial charge is 0.480 e. The van der Waals surface area contributed by atoms with Crippen LogP contribution in [0.25, 0.3) is 0 Å². The standard InChI is InChI=1S/C21H22BrF2NO3/c1-14(28-19-6-5-17(24)12-18(19)22)20(26)25-13-21(7-9-27-10-8-21)15-3-2-4-16(23)11-15/h2-6,11-12,14H,7-10,13H2,1H3,(H,25,26). The molecule has 1 N–H and O–H groups in total. The molecule has 1 aliphatic heterocycles. The van der Waals surface area contributed by atoms with E-state index >= 15 is 0 Å². The molecular weight excluding hydrogens is 432 g/mol. The van der Waals surface area contributed by atoms with Gasteiger partial charge in [-0.25, -0.2) is 8.78 Å². The van der Waals surface area contributed by atoms with E-state index in [0.29, 0.717) is 42.8 Å². The van der Waals surface area contributed by atoms with Crippen LogP contribution >= 0.6 is 15.9 Å². The molecule has 28 heavy (non-hydrogen) atoms. The van der Waals surface area contributed by atoms with E-state index < -0.39 is 11.9 Å². The third-order valence-electron chi connectivity index (χ3n) is 5.05. The molecule has 3 rings (SSSR count). The van der Waals surface area contributed by atoms with Crippen LogP contribution in [0, 0.1) is 11.6 Å². The molecule has 1 amide bonds. The molecule has 1 atom stereocenters. The van der Waals surface area contributed by atoms with Gasteiger partial charge in [-0.2, -0.15) is 0 Å². The van der Waals surface area contributed by atoms with Crippen molar-refractivity contribution in [1.29, 1.82) is 0 Å². The minimum absolute atomic E-state index is 0.293. The van der Waals surface area contributed by atoms with Crippen LogP contribution in [0.2, 0.25) is 0 Å². The van der Waals surface area contributed by atoms with Crippen molar-refractivity contribution in [1.82, 2.24) is 5.32 Å². The van der Waals surface area contributed by atoms with E-state index in [9.17, 15) is 13.6 Å². The van der Waals surface area contributed by atoms with E-state index in [4.69, 9.17) is 9.47 Å². The van der Waals surface area contributed by atoms with Gasteiger partial charge in [-0.15, -0.1) is 0 Å². The van der Waals surface area contributed by atoms with Crippen LogP contribution in [0.1, 0.15) is 25.3 Å². The molecular formula is C21H22BrF2NO3. The first kappa shape index (κ1) is 20.7. The lowest BCUT2D eigenvalue weighted by molar-refractivity contribution is -0.127. The van der Waals surface area contributed by atoms with Crippen LogP contribution in [0.3, 0.4) is 0 Å². The Labute approximate surface area is 171 Å². The summed E-state index contributed by atoms with van der Waals surface area (Å²) in [4.78, 5) is 12.6. The van der Waals surface area contributed by atoms with Gasteiger partial charge in [0.05, 0.1) is 4.47 Å². The van der Waals surface area contributed by atoms with Crippen molar-refractivity contribution in [3.8, 4) is 5.75 Å². The second kappa shape index (κ2) is 9.01. The first-order valence-electron chi connectivity index (χ1n) is 9.13. The van der Waals surface area contributed by atoms with Crippen molar-refractivity contribution in [3.05, 3.63) is 64.1 Å². The lowest BCUT2D eigenvalue weighted by Gasteiger charge is -2.38. The third kappa shape index (κ3) is 4.89. The Morgan fingerprint density at radius 2 is 1.93 bits per heavy atom. The van der Waals surface area contributed by atoms with Crippen molar-refractivity contribution in [2.75, 3.05) is 19.8 Å². The van der Waals surface area contributed by atoms with Gasteiger partial charge < -0.3 is 14.8 Å². The lowest BCUT2D eigenvalue weighted by atomic mass is 9.74. The summed E-state index contributed by atoms with van der Waals surface area (Å²) >= 11 is 3.23. The summed E-state index contributed by atoms with van der Waals surface area (Å²) in [6, 6.07) is 10.5. The van der Waals surface area contributed by atoms with E-state index in [-0.39, 0.29) is 17.1 Å². The maximum atomic E-state index is 13.8. The molecule has 0 aliphatic carbocycles. The van der Waals surface area contributed by atoms with E-state index in [1.165, 1.54) is 30.3 Å². The Kier molecular flexibility index (Phi) is 6.67. The van der Waals surface area contributed by atoms with Crippen LogP contribution in [0.4, 0.5) is 8.78 Å². The second-order valence-corrected chi connectivity index (χ2v) is 7.81. The number of halogens is 3. The van der Waals surface area contributed by atoms with E-state index in [1.54, 1.807) is 13.0 Å². The van der Waals surface area contributed by atoms with Crippen molar-refractivity contribution < 1.29 is 23.0 Å². The van der Waals surface area contributed by atoms with Gasteiger partial charge in [0.25, 0.3) is 5.91 Å². The number of carbonyl (C=O) groups excluding carboxylic acids is 1. The smallest absolute Gasteiger partial charge is 0.260 e. The molecule has 150 valence electrons. The zero-order valence-corrected chi connectivity index (χ0v) is 17.1. The van der Waals surface area contributed by atoms with Crippen molar-refractivity contribution in [3.63, 3.8) is 0 Å². The second-order valence-electron chi connectivity index (χ2n) is 6.96. The molecule has 1 saturated heterocycles. The Bertz CT molecular complexity index is 840. The summed E-state index contributed by atoms with van der Waals surface area (Å²) in [7, 11) is 0. The SMILES string of the molecule is CC(Oc1ccc(F)cc1Br)C(=O)NCC1(c2cccc(F)c2)CCOCC1. The predicted molar refractivity (Wildman–Crippen MR) is 105 cm³/mol. The molecule has 1 fully saturated rings. The van der Waals surface area contributed by atoms with Gasteiger partial charge in [-0.3, -0.25) is 4.79 Å². The van der Waals surface area contributed by atoms with Gasteiger partial charge in [0, 0.05) is 25.2 Å². The van der Waals surface area contributed by atoms with Crippen molar-refractivity contribution >= 4 is 21.8 Å². The fraction of sp³-hybridized carbons (Fsp3) is 0.381. The zero-order chi connectivity index (χ0) is 20.1. The van der Waals surface area contributed by atoms with Crippen LogP contribution in [-0.4, -0.2) is 31.8 Å². The summed E-state index contributed by atoms with van der Waals surface area (Å²) in [5.41, 5.74) is 0.470. The maximum absolute atomic E-state index is 13.8. The highest BCUT2D eigenvalue weighted by atomic mass is 79.9. The van der Waals surface area contributed by atoms with Gasteiger partial charge in [-0.05, 0) is 71.6 Å².